The molecule has 0 aliphatic heterocycles. The van der Waals surface area contributed by atoms with Crippen molar-refractivity contribution in [3.8, 4) is 0 Å². The number of hydrogen-bond donors (Lipinski definition) is 0. The quantitative estimate of drug-likeness (QED) is 0.580. The predicted molar refractivity (Wildman–Crippen MR) is 70.5 cm³/mol. The molecule has 0 unspecified atom stereocenters. The fraction of sp³-hybridized carbons (Fsp3) is 0.733. The van der Waals surface area contributed by atoms with Gasteiger partial charge in [0.05, 0.1) is 0 Å². The van der Waals surface area contributed by atoms with Crippen molar-refractivity contribution < 1.29 is 19.1 Å². The van der Waals surface area contributed by atoms with Gasteiger partial charge in [-0.15, -0.1) is 0 Å². The van der Waals surface area contributed by atoms with E-state index in [-0.39, 0.29) is 12.2 Å². The van der Waals surface area contributed by atoms with E-state index in [1.165, 1.54) is 18.6 Å². The van der Waals surface area contributed by atoms with Gasteiger partial charge in [-0.05, 0) is 51.4 Å². The molecular weight excluding hydrogens is 244 g/mol. The molecule has 4 heteroatoms. The summed E-state index contributed by atoms with van der Waals surface area (Å²) in [7, 11) is 0. The Bertz CT molecular complexity index is 336. The largest absolute Gasteiger partial charge is 0.459 e. The van der Waals surface area contributed by atoms with E-state index in [1.807, 2.05) is 0 Å². The van der Waals surface area contributed by atoms with E-state index in [0.29, 0.717) is 0 Å². The van der Waals surface area contributed by atoms with Crippen LogP contribution in [0.2, 0.25) is 0 Å². The van der Waals surface area contributed by atoms with Crippen molar-refractivity contribution >= 4 is 11.9 Å². The van der Waals surface area contributed by atoms with Crippen molar-refractivity contribution in [1.29, 1.82) is 0 Å². The molecule has 0 amide bonds. The Kier molecular flexibility index (Phi) is 5.43. The summed E-state index contributed by atoms with van der Waals surface area (Å²) in [6.45, 7) is 0. The van der Waals surface area contributed by atoms with Crippen LogP contribution in [-0.2, 0) is 19.1 Å². The van der Waals surface area contributed by atoms with Gasteiger partial charge in [0.1, 0.15) is 12.2 Å². The van der Waals surface area contributed by atoms with Crippen molar-refractivity contribution in [2.45, 2.75) is 70.0 Å². The Labute approximate surface area is 114 Å². The lowest BCUT2D eigenvalue weighted by atomic mass is 9.98. The molecule has 0 aromatic heterocycles. The zero-order chi connectivity index (χ0) is 13.5. The monoisotopic (exact) mass is 266 g/mol. The van der Waals surface area contributed by atoms with Gasteiger partial charge in [0.15, 0.2) is 0 Å². The summed E-state index contributed by atoms with van der Waals surface area (Å²) >= 11 is 0. The highest BCUT2D eigenvalue weighted by molar-refractivity contribution is 5.91. The molecule has 0 bridgehead atoms. The Balaban J connectivity index is 1.67. The van der Waals surface area contributed by atoms with Gasteiger partial charge < -0.3 is 9.47 Å². The molecule has 2 saturated carbocycles. The summed E-state index contributed by atoms with van der Waals surface area (Å²) in [6, 6.07) is 0. The molecule has 0 saturated heterocycles. The number of rotatable bonds is 4. The molecule has 2 aliphatic rings. The second-order valence-corrected chi connectivity index (χ2v) is 5.37. The zero-order valence-electron chi connectivity index (χ0n) is 11.3. The van der Waals surface area contributed by atoms with Crippen LogP contribution in [0, 0.1) is 0 Å². The Morgan fingerprint density at radius 2 is 1.05 bits per heavy atom. The molecule has 2 rings (SSSR count). The van der Waals surface area contributed by atoms with Gasteiger partial charge in [0.25, 0.3) is 0 Å². The summed E-state index contributed by atoms with van der Waals surface area (Å²) < 4.78 is 10.5. The number of ether oxygens (including phenoxy) is 2. The number of esters is 2. The number of hydrogen-bond acceptors (Lipinski definition) is 4. The maximum Gasteiger partial charge on any atom is 0.331 e. The first kappa shape index (κ1) is 14.1. The van der Waals surface area contributed by atoms with Crippen molar-refractivity contribution in [2.75, 3.05) is 0 Å². The average Bonchev–Trinajstić information content (AvgIpc) is 2.90. The van der Waals surface area contributed by atoms with Crippen LogP contribution in [0.4, 0.5) is 0 Å². The van der Waals surface area contributed by atoms with Crippen LogP contribution in [0.3, 0.4) is 0 Å². The van der Waals surface area contributed by atoms with Crippen LogP contribution >= 0.6 is 0 Å². The topological polar surface area (TPSA) is 52.6 Å². The average molecular weight is 266 g/mol. The summed E-state index contributed by atoms with van der Waals surface area (Å²) in [5.41, 5.74) is 0. The van der Waals surface area contributed by atoms with Crippen LogP contribution in [0.25, 0.3) is 0 Å². The van der Waals surface area contributed by atoms with Crippen LogP contribution in [-0.4, -0.2) is 24.1 Å². The fourth-order valence-electron chi connectivity index (χ4n) is 2.73. The molecule has 19 heavy (non-hydrogen) atoms. The lowest BCUT2D eigenvalue weighted by Crippen LogP contribution is -2.20. The molecule has 0 radical (unpaired) electrons. The van der Waals surface area contributed by atoms with Crippen molar-refractivity contribution in [3.05, 3.63) is 12.2 Å². The van der Waals surface area contributed by atoms with E-state index in [4.69, 9.17) is 9.47 Å². The van der Waals surface area contributed by atoms with Gasteiger partial charge in [0, 0.05) is 12.2 Å². The second-order valence-electron chi connectivity index (χ2n) is 5.37. The standard InChI is InChI=1S/C15H22O4/c16-14(18-12-6-2-1-3-7-12)10-11-15(17)19-13-8-4-5-9-13/h10-13H,1-9H2. The fourth-order valence-corrected chi connectivity index (χ4v) is 2.73. The predicted octanol–water partition coefficient (Wildman–Crippen LogP) is 2.90. The van der Waals surface area contributed by atoms with Crippen molar-refractivity contribution in [2.24, 2.45) is 0 Å². The van der Waals surface area contributed by atoms with Gasteiger partial charge in [-0.1, -0.05) is 6.42 Å². The molecule has 0 aromatic carbocycles. The van der Waals surface area contributed by atoms with E-state index in [1.54, 1.807) is 0 Å². The minimum Gasteiger partial charge on any atom is -0.459 e. The van der Waals surface area contributed by atoms with E-state index in [9.17, 15) is 9.59 Å². The summed E-state index contributed by atoms with van der Waals surface area (Å²) in [5, 5.41) is 0. The van der Waals surface area contributed by atoms with Gasteiger partial charge in [-0.3, -0.25) is 0 Å². The third-order valence-corrected chi connectivity index (χ3v) is 3.78. The highest BCUT2D eigenvalue weighted by Crippen LogP contribution is 2.21. The molecule has 4 nitrogen and oxygen atoms in total. The first-order valence-corrected chi connectivity index (χ1v) is 7.33. The van der Waals surface area contributed by atoms with E-state index in [0.717, 1.165) is 51.4 Å². The molecule has 0 heterocycles. The lowest BCUT2D eigenvalue weighted by Gasteiger charge is -2.20. The molecular formula is C15H22O4. The van der Waals surface area contributed by atoms with Gasteiger partial charge in [0.2, 0.25) is 0 Å². The smallest absolute Gasteiger partial charge is 0.331 e. The molecule has 0 aromatic rings. The maximum absolute atomic E-state index is 11.5. The van der Waals surface area contributed by atoms with Crippen molar-refractivity contribution in [3.63, 3.8) is 0 Å². The zero-order valence-corrected chi connectivity index (χ0v) is 11.3. The normalized spacial score (nSPS) is 21.7. The van der Waals surface area contributed by atoms with Gasteiger partial charge in [-0.25, -0.2) is 9.59 Å². The Hall–Kier alpha value is -1.32. The summed E-state index contributed by atoms with van der Waals surface area (Å²) in [4.78, 5) is 23.0. The Morgan fingerprint density at radius 3 is 1.47 bits per heavy atom. The molecule has 2 aliphatic carbocycles. The van der Waals surface area contributed by atoms with Crippen molar-refractivity contribution in [1.82, 2.24) is 0 Å². The van der Waals surface area contributed by atoms with E-state index < -0.39 is 11.9 Å². The first-order chi connectivity index (χ1) is 9.24. The first-order valence-electron chi connectivity index (χ1n) is 7.33. The molecule has 0 atom stereocenters. The molecule has 2 fully saturated rings. The van der Waals surface area contributed by atoms with Crippen LogP contribution in [0.5, 0.6) is 0 Å². The van der Waals surface area contributed by atoms with Gasteiger partial charge >= 0.3 is 11.9 Å². The minimum absolute atomic E-state index is 0.0248. The Morgan fingerprint density at radius 1 is 0.684 bits per heavy atom. The van der Waals surface area contributed by atoms with E-state index in [2.05, 4.69) is 0 Å². The number of carbonyl (C=O) groups is 2. The van der Waals surface area contributed by atoms with Crippen LogP contribution < -0.4 is 0 Å². The maximum atomic E-state index is 11.5. The highest BCUT2D eigenvalue weighted by Gasteiger charge is 2.19. The SMILES string of the molecule is O=C(C=CC(=O)OC1CCCC1)OC1CCCCC1. The molecule has 106 valence electrons. The molecule has 0 N–H and O–H groups in total. The van der Waals surface area contributed by atoms with Crippen LogP contribution in [0.1, 0.15) is 57.8 Å². The van der Waals surface area contributed by atoms with Crippen LogP contribution in [0.15, 0.2) is 12.2 Å². The minimum atomic E-state index is -0.438. The summed E-state index contributed by atoms with van der Waals surface area (Å²) in [5.74, 6) is -0.872. The van der Waals surface area contributed by atoms with E-state index >= 15 is 0 Å². The third kappa shape index (κ3) is 5.05. The van der Waals surface area contributed by atoms with Gasteiger partial charge in [-0.2, -0.15) is 0 Å². The molecule has 0 spiro atoms. The third-order valence-electron chi connectivity index (χ3n) is 3.78. The second kappa shape index (κ2) is 7.31. The summed E-state index contributed by atoms with van der Waals surface area (Å²) in [6.07, 6.45) is 11.9. The highest BCUT2D eigenvalue weighted by atomic mass is 16.5. The lowest BCUT2D eigenvalue weighted by molar-refractivity contribution is -0.146. The number of carbonyl (C=O) groups excluding carboxylic acids is 2.